The zero-order chi connectivity index (χ0) is 16.5. The van der Waals surface area contributed by atoms with Gasteiger partial charge in [-0.2, -0.15) is 0 Å². The Morgan fingerprint density at radius 1 is 1.23 bits per heavy atom. The highest BCUT2D eigenvalue weighted by molar-refractivity contribution is 9.10. The van der Waals surface area contributed by atoms with E-state index in [0.717, 1.165) is 15.8 Å². The lowest BCUT2D eigenvalue weighted by molar-refractivity contribution is -0.116. The van der Waals surface area contributed by atoms with E-state index in [1.54, 1.807) is 18.2 Å². The van der Waals surface area contributed by atoms with Crippen LogP contribution in [0.25, 0.3) is 0 Å². The van der Waals surface area contributed by atoms with Crippen LogP contribution in [0.2, 0.25) is 0 Å². The Kier molecular flexibility index (Phi) is 7.60. The molecule has 5 heteroatoms. The summed E-state index contributed by atoms with van der Waals surface area (Å²) in [6.07, 6.45) is 1.67. The molecule has 1 heterocycles. The van der Waals surface area contributed by atoms with Crippen LogP contribution in [-0.2, 0) is 11.3 Å². The Bertz CT molecular complexity index is 600. The van der Waals surface area contributed by atoms with Crippen molar-refractivity contribution >= 4 is 27.7 Å². The number of halogens is 1. The maximum atomic E-state index is 11.8. The van der Waals surface area contributed by atoms with Crippen LogP contribution in [0, 0.1) is 0 Å². The van der Waals surface area contributed by atoms with Crippen molar-refractivity contribution in [2.75, 3.05) is 12.0 Å². The van der Waals surface area contributed by atoms with Gasteiger partial charge in [0.1, 0.15) is 11.6 Å². The van der Waals surface area contributed by atoms with Gasteiger partial charge in [0.15, 0.2) is 0 Å². The number of rotatable bonds is 4. The van der Waals surface area contributed by atoms with E-state index < -0.39 is 0 Å². The molecule has 0 aliphatic heterocycles. The van der Waals surface area contributed by atoms with Crippen LogP contribution in [0.3, 0.4) is 0 Å². The van der Waals surface area contributed by atoms with Crippen molar-refractivity contribution < 1.29 is 9.53 Å². The van der Waals surface area contributed by atoms with Crippen LogP contribution >= 0.6 is 15.9 Å². The van der Waals surface area contributed by atoms with E-state index in [-0.39, 0.29) is 5.91 Å². The lowest BCUT2D eigenvalue weighted by Gasteiger charge is -2.20. The number of amides is 1. The van der Waals surface area contributed by atoms with E-state index in [4.69, 9.17) is 4.74 Å². The smallest absolute Gasteiger partial charge is 0.225 e. The number of carbonyl (C=O) groups is 1. The number of hydrogen-bond donors (Lipinski definition) is 0. The van der Waals surface area contributed by atoms with Crippen molar-refractivity contribution in [2.24, 2.45) is 0 Å². The van der Waals surface area contributed by atoms with Crippen LogP contribution in [0.1, 0.15) is 26.3 Å². The molecule has 4 nitrogen and oxygen atoms in total. The largest absolute Gasteiger partial charge is 0.497 e. The van der Waals surface area contributed by atoms with Gasteiger partial charge in [0.25, 0.3) is 0 Å². The van der Waals surface area contributed by atoms with Gasteiger partial charge in [0.2, 0.25) is 5.91 Å². The Morgan fingerprint density at radius 2 is 1.86 bits per heavy atom. The van der Waals surface area contributed by atoms with Crippen molar-refractivity contribution in [3.8, 4) is 5.75 Å². The SMILES string of the molecule is CC.COc1ccc(CN(C(C)=O)c2cc(Br)ccn2)cc1. The van der Waals surface area contributed by atoms with Crippen molar-refractivity contribution in [1.82, 2.24) is 4.98 Å². The molecule has 0 spiro atoms. The number of ether oxygens (including phenoxy) is 1. The van der Waals surface area contributed by atoms with E-state index in [1.807, 2.05) is 50.2 Å². The second-order valence-corrected chi connectivity index (χ2v) is 5.20. The molecule has 0 saturated heterocycles. The summed E-state index contributed by atoms with van der Waals surface area (Å²) in [6, 6.07) is 11.3. The van der Waals surface area contributed by atoms with Gasteiger partial charge >= 0.3 is 0 Å². The molecule has 0 aliphatic carbocycles. The lowest BCUT2D eigenvalue weighted by atomic mass is 10.2. The summed E-state index contributed by atoms with van der Waals surface area (Å²) in [5, 5.41) is 0. The van der Waals surface area contributed by atoms with Crippen LogP contribution < -0.4 is 9.64 Å². The summed E-state index contributed by atoms with van der Waals surface area (Å²) in [4.78, 5) is 17.7. The molecule has 2 aromatic rings. The van der Waals surface area contributed by atoms with E-state index in [0.29, 0.717) is 12.4 Å². The highest BCUT2D eigenvalue weighted by Crippen LogP contribution is 2.20. The monoisotopic (exact) mass is 364 g/mol. The predicted octanol–water partition coefficient (Wildman–Crippen LogP) is 4.43. The molecule has 2 rings (SSSR count). The molecule has 1 aromatic carbocycles. The normalized spacial score (nSPS) is 9.50. The number of aromatic nitrogens is 1. The summed E-state index contributed by atoms with van der Waals surface area (Å²) in [5.74, 6) is 1.37. The Labute approximate surface area is 140 Å². The van der Waals surface area contributed by atoms with E-state index in [9.17, 15) is 4.79 Å². The molecule has 22 heavy (non-hydrogen) atoms. The van der Waals surface area contributed by atoms with Crippen molar-refractivity contribution in [2.45, 2.75) is 27.3 Å². The molecule has 118 valence electrons. The molecule has 0 radical (unpaired) electrons. The third-order valence-electron chi connectivity index (χ3n) is 2.86. The average molecular weight is 365 g/mol. The second-order valence-electron chi connectivity index (χ2n) is 4.29. The minimum atomic E-state index is -0.0496. The molecular formula is C17H21BrN2O2. The highest BCUT2D eigenvalue weighted by Gasteiger charge is 2.13. The van der Waals surface area contributed by atoms with Crippen LogP contribution in [-0.4, -0.2) is 18.0 Å². The fraction of sp³-hybridized carbons (Fsp3) is 0.294. The van der Waals surface area contributed by atoms with Crippen LogP contribution in [0.15, 0.2) is 47.1 Å². The fourth-order valence-corrected chi connectivity index (χ4v) is 2.13. The van der Waals surface area contributed by atoms with E-state index in [2.05, 4.69) is 20.9 Å². The summed E-state index contributed by atoms with van der Waals surface area (Å²) >= 11 is 3.39. The number of anilines is 1. The first-order chi connectivity index (χ1) is 10.6. The predicted molar refractivity (Wildman–Crippen MR) is 93.1 cm³/mol. The number of nitrogens with zero attached hydrogens (tertiary/aromatic N) is 2. The minimum absolute atomic E-state index is 0.0496. The molecule has 1 amide bonds. The Morgan fingerprint density at radius 3 is 2.36 bits per heavy atom. The van der Waals surface area contributed by atoms with Gasteiger partial charge in [-0.15, -0.1) is 0 Å². The van der Waals surface area contributed by atoms with Gasteiger partial charge in [0, 0.05) is 17.6 Å². The standard InChI is InChI=1S/C15H15BrN2O2.C2H6/c1-11(19)18(15-9-13(16)7-8-17-15)10-12-3-5-14(20-2)6-4-12;1-2/h3-9H,10H2,1-2H3;1-2H3. The maximum absolute atomic E-state index is 11.8. The third kappa shape index (κ3) is 5.15. The van der Waals surface area contributed by atoms with Gasteiger partial charge < -0.3 is 4.74 Å². The molecule has 0 saturated carbocycles. The topological polar surface area (TPSA) is 42.4 Å². The second kappa shape index (κ2) is 9.20. The van der Waals surface area contributed by atoms with Gasteiger partial charge in [-0.25, -0.2) is 4.98 Å². The maximum Gasteiger partial charge on any atom is 0.225 e. The molecule has 0 fully saturated rings. The molecule has 0 N–H and O–H groups in total. The van der Waals surface area contributed by atoms with E-state index >= 15 is 0 Å². The van der Waals surface area contributed by atoms with Gasteiger partial charge in [0.05, 0.1) is 13.7 Å². The number of methoxy groups -OCH3 is 1. The summed E-state index contributed by atoms with van der Waals surface area (Å²) in [5.41, 5.74) is 1.02. The first-order valence-corrected chi connectivity index (χ1v) is 7.92. The van der Waals surface area contributed by atoms with Gasteiger partial charge in [-0.3, -0.25) is 9.69 Å². The molecule has 1 aromatic heterocycles. The molecule has 0 bridgehead atoms. The summed E-state index contributed by atoms with van der Waals surface area (Å²) in [7, 11) is 1.63. The number of hydrogen-bond acceptors (Lipinski definition) is 3. The first kappa shape index (κ1) is 18.2. The van der Waals surface area contributed by atoms with Gasteiger partial charge in [-0.05, 0) is 29.8 Å². The van der Waals surface area contributed by atoms with E-state index in [1.165, 1.54) is 6.92 Å². The number of benzene rings is 1. The summed E-state index contributed by atoms with van der Waals surface area (Å²) < 4.78 is 6.01. The average Bonchev–Trinajstić information content (AvgIpc) is 2.54. The van der Waals surface area contributed by atoms with Crippen LogP contribution in [0.5, 0.6) is 5.75 Å². The zero-order valence-electron chi connectivity index (χ0n) is 13.3. The Hall–Kier alpha value is -1.88. The quantitative estimate of drug-likeness (QED) is 0.805. The number of carbonyl (C=O) groups excluding carboxylic acids is 1. The van der Waals surface area contributed by atoms with Crippen molar-refractivity contribution in [3.05, 3.63) is 52.6 Å². The van der Waals surface area contributed by atoms with Crippen molar-refractivity contribution in [1.29, 1.82) is 0 Å². The number of pyridine rings is 1. The highest BCUT2D eigenvalue weighted by atomic mass is 79.9. The molecule has 0 atom stereocenters. The molecular weight excluding hydrogens is 344 g/mol. The van der Waals surface area contributed by atoms with Crippen LogP contribution in [0.4, 0.5) is 5.82 Å². The molecule has 0 aliphatic rings. The fourth-order valence-electron chi connectivity index (χ4n) is 1.81. The third-order valence-corrected chi connectivity index (χ3v) is 3.36. The first-order valence-electron chi connectivity index (χ1n) is 7.13. The zero-order valence-corrected chi connectivity index (χ0v) is 14.9. The molecule has 0 unspecified atom stereocenters. The van der Waals surface area contributed by atoms with Crippen molar-refractivity contribution in [3.63, 3.8) is 0 Å². The minimum Gasteiger partial charge on any atom is -0.497 e. The Balaban J connectivity index is 0.00000116. The van der Waals surface area contributed by atoms with Gasteiger partial charge in [-0.1, -0.05) is 41.9 Å². The summed E-state index contributed by atoms with van der Waals surface area (Å²) in [6.45, 7) is 6.01. The lowest BCUT2D eigenvalue weighted by Crippen LogP contribution is -2.28.